The van der Waals surface area contributed by atoms with Crippen molar-refractivity contribution in [1.82, 2.24) is 0 Å². The quantitative estimate of drug-likeness (QED) is 0.764. The van der Waals surface area contributed by atoms with E-state index in [2.05, 4.69) is 59.1 Å². The van der Waals surface area contributed by atoms with E-state index in [1.165, 1.54) is 11.3 Å². The summed E-state index contributed by atoms with van der Waals surface area (Å²) in [5, 5.41) is 0.907. The first-order valence-electron chi connectivity index (χ1n) is 5.05. The molecule has 1 aromatic rings. The fourth-order valence-corrected chi connectivity index (χ4v) is 1.80. The lowest BCUT2D eigenvalue weighted by Crippen LogP contribution is -2.32. The number of anilines is 1. The van der Waals surface area contributed by atoms with Gasteiger partial charge in [-0.15, -0.1) is 0 Å². The number of rotatable bonds is 5. The summed E-state index contributed by atoms with van der Waals surface area (Å²) in [7, 11) is 3.82. The number of alkyl halides is 1. The molecule has 1 unspecified atom stereocenters. The third-order valence-electron chi connectivity index (χ3n) is 2.57. The Labute approximate surface area is 100 Å². The molecule has 0 radical (unpaired) electrons. The van der Waals surface area contributed by atoms with Crippen LogP contribution in [0.1, 0.15) is 12.5 Å². The minimum Gasteiger partial charge on any atom is -0.383 e. The van der Waals surface area contributed by atoms with Gasteiger partial charge in [0.05, 0.1) is 6.61 Å². The Morgan fingerprint density at radius 1 is 1.33 bits per heavy atom. The van der Waals surface area contributed by atoms with Crippen LogP contribution < -0.4 is 4.90 Å². The number of nitrogens with zero attached hydrogens (tertiary/aromatic N) is 1. The summed E-state index contributed by atoms with van der Waals surface area (Å²) in [6.45, 7) is 2.90. The zero-order valence-electron chi connectivity index (χ0n) is 9.53. The summed E-state index contributed by atoms with van der Waals surface area (Å²) >= 11 is 3.44. The molecule has 1 atom stereocenters. The van der Waals surface area contributed by atoms with Crippen molar-refractivity contribution >= 4 is 21.6 Å². The van der Waals surface area contributed by atoms with E-state index in [9.17, 15) is 0 Å². The van der Waals surface area contributed by atoms with Crippen LogP contribution in [0, 0.1) is 0 Å². The molecule has 1 rings (SSSR count). The van der Waals surface area contributed by atoms with Crippen LogP contribution in [0.25, 0.3) is 0 Å². The molecular formula is C12H18BrNO. The monoisotopic (exact) mass is 271 g/mol. The molecule has 0 saturated heterocycles. The van der Waals surface area contributed by atoms with Gasteiger partial charge in [-0.1, -0.05) is 28.1 Å². The molecule has 0 saturated carbocycles. The summed E-state index contributed by atoms with van der Waals surface area (Å²) < 4.78 is 5.14. The molecule has 3 heteroatoms. The highest BCUT2D eigenvalue weighted by atomic mass is 79.9. The van der Waals surface area contributed by atoms with Crippen molar-refractivity contribution in [3.8, 4) is 0 Å². The van der Waals surface area contributed by atoms with Crippen molar-refractivity contribution in [3.63, 3.8) is 0 Å². The number of likely N-dealkylation sites (N-methyl/N-ethyl adjacent to an activating group) is 1. The van der Waals surface area contributed by atoms with Gasteiger partial charge in [-0.25, -0.2) is 0 Å². The lowest BCUT2D eigenvalue weighted by atomic mass is 10.2. The van der Waals surface area contributed by atoms with Gasteiger partial charge in [0.25, 0.3) is 0 Å². The lowest BCUT2D eigenvalue weighted by molar-refractivity contribution is 0.183. The van der Waals surface area contributed by atoms with Gasteiger partial charge >= 0.3 is 0 Å². The van der Waals surface area contributed by atoms with E-state index in [4.69, 9.17) is 4.74 Å². The van der Waals surface area contributed by atoms with Crippen molar-refractivity contribution in [1.29, 1.82) is 0 Å². The first kappa shape index (κ1) is 12.5. The Morgan fingerprint density at radius 2 is 1.93 bits per heavy atom. The van der Waals surface area contributed by atoms with Gasteiger partial charge in [-0.2, -0.15) is 0 Å². The zero-order valence-corrected chi connectivity index (χ0v) is 11.1. The normalized spacial score (nSPS) is 12.5. The fraction of sp³-hybridized carbons (Fsp3) is 0.500. The van der Waals surface area contributed by atoms with Crippen LogP contribution in [-0.2, 0) is 10.1 Å². The average molecular weight is 272 g/mol. The van der Waals surface area contributed by atoms with Crippen LogP contribution in [0.15, 0.2) is 24.3 Å². The van der Waals surface area contributed by atoms with E-state index in [-0.39, 0.29) is 0 Å². The SMILES string of the molecule is COCC(C)N(C)c1ccc(CBr)cc1. The topological polar surface area (TPSA) is 12.5 Å². The Bertz CT molecular complexity index is 286. The van der Waals surface area contributed by atoms with Gasteiger partial charge in [0, 0.05) is 31.2 Å². The van der Waals surface area contributed by atoms with E-state index >= 15 is 0 Å². The highest BCUT2D eigenvalue weighted by Gasteiger charge is 2.08. The molecule has 0 aromatic heterocycles. The largest absolute Gasteiger partial charge is 0.383 e. The van der Waals surface area contributed by atoms with Gasteiger partial charge < -0.3 is 9.64 Å². The van der Waals surface area contributed by atoms with Crippen molar-refractivity contribution in [3.05, 3.63) is 29.8 Å². The van der Waals surface area contributed by atoms with Gasteiger partial charge in [0.1, 0.15) is 0 Å². The van der Waals surface area contributed by atoms with Crippen molar-refractivity contribution < 1.29 is 4.74 Å². The third-order valence-corrected chi connectivity index (χ3v) is 3.21. The molecule has 2 nitrogen and oxygen atoms in total. The number of hydrogen-bond donors (Lipinski definition) is 0. The second-order valence-corrected chi connectivity index (χ2v) is 4.28. The predicted molar refractivity (Wildman–Crippen MR) is 68.8 cm³/mol. The molecule has 0 amide bonds. The van der Waals surface area contributed by atoms with E-state index < -0.39 is 0 Å². The van der Waals surface area contributed by atoms with E-state index in [1.807, 2.05) is 0 Å². The Balaban J connectivity index is 2.69. The number of benzene rings is 1. The molecule has 0 spiro atoms. The maximum Gasteiger partial charge on any atom is 0.0663 e. The van der Waals surface area contributed by atoms with Crippen molar-refractivity contribution in [2.45, 2.75) is 18.3 Å². The molecule has 1 aromatic carbocycles. The minimum absolute atomic E-state index is 0.393. The average Bonchev–Trinajstić information content (AvgIpc) is 2.28. The molecule has 84 valence electrons. The summed E-state index contributed by atoms with van der Waals surface area (Å²) in [5.41, 5.74) is 2.52. The third kappa shape index (κ3) is 3.50. The van der Waals surface area contributed by atoms with Crippen LogP contribution in [0.4, 0.5) is 5.69 Å². The standard InChI is InChI=1S/C12H18BrNO/c1-10(9-15-3)14(2)12-6-4-11(8-13)5-7-12/h4-7,10H,8-9H2,1-3H3. The molecule has 0 aliphatic carbocycles. The minimum atomic E-state index is 0.393. The number of hydrogen-bond acceptors (Lipinski definition) is 2. The number of halogens is 1. The summed E-state index contributed by atoms with van der Waals surface area (Å²) in [6, 6.07) is 8.95. The predicted octanol–water partition coefficient (Wildman–Crippen LogP) is 3.05. The molecule has 0 aliphatic heterocycles. The van der Waals surface area contributed by atoms with E-state index in [0.29, 0.717) is 6.04 Å². The molecular weight excluding hydrogens is 254 g/mol. The first-order chi connectivity index (χ1) is 7.19. The molecule has 0 heterocycles. The Hall–Kier alpha value is -0.540. The number of ether oxygens (including phenoxy) is 1. The second-order valence-electron chi connectivity index (χ2n) is 3.72. The molecule has 0 fully saturated rings. The highest BCUT2D eigenvalue weighted by molar-refractivity contribution is 9.08. The molecule has 0 bridgehead atoms. The van der Waals surface area contributed by atoms with Crippen LogP contribution in [0.2, 0.25) is 0 Å². The van der Waals surface area contributed by atoms with Crippen LogP contribution in [0.5, 0.6) is 0 Å². The maximum absolute atomic E-state index is 5.14. The maximum atomic E-state index is 5.14. The van der Waals surface area contributed by atoms with Gasteiger partial charge in [0.2, 0.25) is 0 Å². The van der Waals surface area contributed by atoms with Crippen LogP contribution in [-0.4, -0.2) is 26.8 Å². The molecule has 0 aliphatic rings. The zero-order chi connectivity index (χ0) is 11.3. The molecule has 15 heavy (non-hydrogen) atoms. The smallest absolute Gasteiger partial charge is 0.0663 e. The lowest BCUT2D eigenvalue weighted by Gasteiger charge is -2.26. The van der Waals surface area contributed by atoms with Gasteiger partial charge in [-0.05, 0) is 24.6 Å². The number of methoxy groups -OCH3 is 1. The summed E-state index contributed by atoms with van der Waals surface area (Å²) in [6.07, 6.45) is 0. The summed E-state index contributed by atoms with van der Waals surface area (Å²) in [4.78, 5) is 2.22. The second kappa shape index (κ2) is 6.13. The van der Waals surface area contributed by atoms with Gasteiger partial charge in [-0.3, -0.25) is 0 Å². The highest BCUT2D eigenvalue weighted by Crippen LogP contribution is 2.17. The van der Waals surface area contributed by atoms with Crippen LogP contribution in [0.3, 0.4) is 0 Å². The van der Waals surface area contributed by atoms with E-state index in [0.717, 1.165) is 11.9 Å². The van der Waals surface area contributed by atoms with Gasteiger partial charge in [0.15, 0.2) is 0 Å². The van der Waals surface area contributed by atoms with E-state index in [1.54, 1.807) is 7.11 Å². The summed E-state index contributed by atoms with van der Waals surface area (Å²) in [5.74, 6) is 0. The van der Waals surface area contributed by atoms with Crippen molar-refractivity contribution in [2.75, 3.05) is 25.7 Å². The first-order valence-corrected chi connectivity index (χ1v) is 6.18. The van der Waals surface area contributed by atoms with Crippen LogP contribution >= 0.6 is 15.9 Å². The Kier molecular flexibility index (Phi) is 5.12. The fourth-order valence-electron chi connectivity index (χ4n) is 1.43. The molecule has 0 N–H and O–H groups in total. The van der Waals surface area contributed by atoms with Crippen molar-refractivity contribution in [2.24, 2.45) is 0 Å². The Morgan fingerprint density at radius 3 is 2.40 bits per heavy atom.